The molecule has 1 rings (SSSR count). The van der Waals surface area contributed by atoms with Crippen molar-refractivity contribution in [3.8, 4) is 0 Å². The van der Waals surface area contributed by atoms with Crippen molar-refractivity contribution in [2.24, 2.45) is 5.84 Å². The first-order valence-corrected chi connectivity index (χ1v) is 6.18. The van der Waals surface area contributed by atoms with E-state index in [1.807, 2.05) is 6.92 Å². The van der Waals surface area contributed by atoms with Gasteiger partial charge < -0.3 is 10.7 Å². The molecular formula is C12H17F3N4O. The summed E-state index contributed by atoms with van der Waals surface area (Å²) >= 11 is 0. The fourth-order valence-corrected chi connectivity index (χ4v) is 1.60. The molecule has 0 saturated heterocycles. The molecule has 112 valence electrons. The molecule has 0 aliphatic rings. The number of halogens is 3. The number of pyridine rings is 1. The Morgan fingerprint density at radius 3 is 2.65 bits per heavy atom. The number of carbonyl (C=O) groups excluding carboxylic acids is 1. The number of hydrazine groups is 1. The third kappa shape index (κ3) is 5.43. The summed E-state index contributed by atoms with van der Waals surface area (Å²) < 4.78 is 36.0. The highest BCUT2D eigenvalue weighted by molar-refractivity contribution is 5.94. The number of amides is 1. The Balaban J connectivity index is 2.73. The van der Waals surface area contributed by atoms with Crippen molar-refractivity contribution in [2.45, 2.75) is 32.4 Å². The number of nitrogen functional groups attached to an aromatic ring is 1. The van der Waals surface area contributed by atoms with Gasteiger partial charge in [-0.15, -0.1) is 0 Å². The third-order valence-corrected chi connectivity index (χ3v) is 2.49. The Labute approximate surface area is 114 Å². The van der Waals surface area contributed by atoms with Crippen LogP contribution in [0.5, 0.6) is 0 Å². The second-order valence-electron chi connectivity index (χ2n) is 4.25. The van der Waals surface area contributed by atoms with Gasteiger partial charge in [0.05, 0.1) is 6.42 Å². The fraction of sp³-hybridized carbons (Fsp3) is 0.500. The number of carbonyl (C=O) groups is 1. The van der Waals surface area contributed by atoms with Crippen LogP contribution in [-0.4, -0.2) is 23.6 Å². The molecule has 0 unspecified atom stereocenters. The summed E-state index contributed by atoms with van der Waals surface area (Å²) in [4.78, 5) is 15.9. The lowest BCUT2D eigenvalue weighted by Crippen LogP contribution is -2.28. The van der Waals surface area contributed by atoms with Crippen LogP contribution in [0.15, 0.2) is 12.1 Å². The predicted octanol–water partition coefficient (Wildman–Crippen LogP) is 2.00. The number of anilines is 1. The van der Waals surface area contributed by atoms with Crippen molar-refractivity contribution >= 4 is 11.7 Å². The molecule has 0 aliphatic heterocycles. The van der Waals surface area contributed by atoms with Gasteiger partial charge in [0.1, 0.15) is 5.82 Å². The minimum absolute atomic E-state index is 0.235. The van der Waals surface area contributed by atoms with E-state index in [0.29, 0.717) is 17.9 Å². The molecule has 0 bridgehead atoms. The molecule has 0 fully saturated rings. The van der Waals surface area contributed by atoms with Crippen molar-refractivity contribution in [2.75, 3.05) is 12.0 Å². The summed E-state index contributed by atoms with van der Waals surface area (Å²) in [6.45, 7) is 1.49. The standard InChI is InChI=1S/C12H17F3N4O/c1-2-3-9-6-8(7-10(18-9)19-16)11(20)17-5-4-12(13,14)15/h6-7H,2-5,16H2,1H3,(H,17,20)(H,18,19). The van der Waals surface area contributed by atoms with Crippen molar-refractivity contribution in [3.63, 3.8) is 0 Å². The molecule has 0 radical (unpaired) electrons. The summed E-state index contributed by atoms with van der Waals surface area (Å²) in [7, 11) is 0. The molecule has 0 spiro atoms. The van der Waals surface area contributed by atoms with Gasteiger partial charge >= 0.3 is 6.18 Å². The number of hydrogen-bond acceptors (Lipinski definition) is 4. The zero-order valence-electron chi connectivity index (χ0n) is 11.0. The van der Waals surface area contributed by atoms with Crippen LogP contribution in [0.1, 0.15) is 35.8 Å². The van der Waals surface area contributed by atoms with E-state index in [0.717, 1.165) is 6.42 Å². The van der Waals surface area contributed by atoms with E-state index in [9.17, 15) is 18.0 Å². The first-order valence-electron chi connectivity index (χ1n) is 6.18. The number of alkyl halides is 3. The molecule has 0 aliphatic carbocycles. The minimum Gasteiger partial charge on any atom is -0.352 e. The average molecular weight is 290 g/mol. The van der Waals surface area contributed by atoms with Crippen LogP contribution >= 0.6 is 0 Å². The Morgan fingerprint density at radius 1 is 1.40 bits per heavy atom. The molecule has 0 saturated carbocycles. The van der Waals surface area contributed by atoms with Gasteiger partial charge in [0, 0.05) is 17.8 Å². The molecule has 0 atom stereocenters. The first kappa shape index (κ1) is 16.2. The van der Waals surface area contributed by atoms with Crippen LogP contribution in [0.25, 0.3) is 0 Å². The zero-order chi connectivity index (χ0) is 15.2. The van der Waals surface area contributed by atoms with Gasteiger partial charge in [-0.2, -0.15) is 13.2 Å². The summed E-state index contributed by atoms with van der Waals surface area (Å²) in [5.41, 5.74) is 3.22. The number of nitrogens with one attached hydrogen (secondary N) is 2. The smallest absolute Gasteiger partial charge is 0.352 e. The van der Waals surface area contributed by atoms with Crippen LogP contribution in [0.4, 0.5) is 19.0 Å². The van der Waals surface area contributed by atoms with Crippen LogP contribution in [0.2, 0.25) is 0 Å². The normalized spacial score (nSPS) is 11.2. The maximum absolute atomic E-state index is 12.0. The van der Waals surface area contributed by atoms with Crippen molar-refractivity contribution in [1.82, 2.24) is 10.3 Å². The second kappa shape index (κ2) is 7.09. The highest BCUT2D eigenvalue weighted by atomic mass is 19.4. The van der Waals surface area contributed by atoms with Gasteiger partial charge in [-0.3, -0.25) is 4.79 Å². The lowest BCUT2D eigenvalue weighted by Gasteiger charge is -2.10. The number of nitrogens with two attached hydrogens (primary N) is 1. The molecule has 8 heteroatoms. The van der Waals surface area contributed by atoms with E-state index in [1.165, 1.54) is 6.07 Å². The summed E-state index contributed by atoms with van der Waals surface area (Å²) in [6.07, 6.45) is -3.87. The number of nitrogens with zero attached hydrogens (tertiary/aromatic N) is 1. The number of rotatable bonds is 6. The lowest BCUT2D eigenvalue weighted by molar-refractivity contribution is -0.132. The molecular weight excluding hydrogens is 273 g/mol. The number of hydrogen-bond donors (Lipinski definition) is 3. The van der Waals surface area contributed by atoms with Crippen molar-refractivity contribution in [3.05, 3.63) is 23.4 Å². The summed E-state index contributed by atoms with van der Waals surface area (Å²) in [5, 5.41) is 2.22. The second-order valence-corrected chi connectivity index (χ2v) is 4.25. The minimum atomic E-state index is -4.29. The zero-order valence-corrected chi connectivity index (χ0v) is 11.0. The maximum Gasteiger partial charge on any atom is 0.390 e. The highest BCUT2D eigenvalue weighted by Crippen LogP contribution is 2.18. The van der Waals surface area contributed by atoms with Gasteiger partial charge in [0.2, 0.25) is 0 Å². The molecule has 5 nitrogen and oxygen atoms in total. The Hall–Kier alpha value is -1.83. The molecule has 1 aromatic rings. The largest absolute Gasteiger partial charge is 0.390 e. The predicted molar refractivity (Wildman–Crippen MR) is 69.0 cm³/mol. The van der Waals surface area contributed by atoms with Crippen LogP contribution in [0.3, 0.4) is 0 Å². The molecule has 4 N–H and O–H groups in total. The van der Waals surface area contributed by atoms with Crippen LogP contribution < -0.4 is 16.6 Å². The maximum atomic E-state index is 12.0. The van der Waals surface area contributed by atoms with Gasteiger partial charge in [-0.05, 0) is 18.6 Å². The first-order chi connectivity index (χ1) is 9.35. The Kier molecular flexibility index (Phi) is 5.75. The highest BCUT2D eigenvalue weighted by Gasteiger charge is 2.26. The molecule has 1 heterocycles. The average Bonchev–Trinajstić information content (AvgIpc) is 2.37. The van der Waals surface area contributed by atoms with Crippen molar-refractivity contribution < 1.29 is 18.0 Å². The van der Waals surface area contributed by atoms with E-state index in [-0.39, 0.29) is 5.56 Å². The third-order valence-electron chi connectivity index (χ3n) is 2.49. The van der Waals surface area contributed by atoms with E-state index >= 15 is 0 Å². The molecule has 20 heavy (non-hydrogen) atoms. The van der Waals surface area contributed by atoms with Gasteiger partial charge in [-0.1, -0.05) is 13.3 Å². The van der Waals surface area contributed by atoms with Crippen molar-refractivity contribution in [1.29, 1.82) is 0 Å². The van der Waals surface area contributed by atoms with E-state index in [1.54, 1.807) is 6.07 Å². The fourth-order valence-electron chi connectivity index (χ4n) is 1.60. The monoisotopic (exact) mass is 290 g/mol. The van der Waals surface area contributed by atoms with Gasteiger partial charge in [0.25, 0.3) is 5.91 Å². The van der Waals surface area contributed by atoms with Gasteiger partial charge in [0.15, 0.2) is 0 Å². The molecule has 1 amide bonds. The quantitative estimate of drug-likeness (QED) is 0.553. The summed E-state index contributed by atoms with van der Waals surface area (Å²) in [6, 6.07) is 2.94. The van der Waals surface area contributed by atoms with Gasteiger partial charge in [-0.25, -0.2) is 10.8 Å². The topological polar surface area (TPSA) is 80.0 Å². The molecule has 0 aromatic carbocycles. The Bertz CT molecular complexity index is 463. The molecule has 1 aromatic heterocycles. The summed E-state index contributed by atoms with van der Waals surface area (Å²) in [5.74, 6) is 4.97. The Morgan fingerprint density at radius 2 is 2.10 bits per heavy atom. The number of aryl methyl sites for hydroxylation is 1. The number of aromatic nitrogens is 1. The SMILES string of the molecule is CCCc1cc(C(=O)NCCC(F)(F)F)cc(NN)n1. The van der Waals surface area contributed by atoms with Crippen LogP contribution in [-0.2, 0) is 6.42 Å². The van der Waals surface area contributed by atoms with E-state index in [4.69, 9.17) is 5.84 Å². The van der Waals surface area contributed by atoms with Crippen LogP contribution in [0, 0.1) is 0 Å². The lowest BCUT2D eigenvalue weighted by atomic mass is 10.1. The van der Waals surface area contributed by atoms with E-state index in [2.05, 4.69) is 15.7 Å². The van der Waals surface area contributed by atoms with E-state index < -0.39 is 25.0 Å².